The minimum absolute atomic E-state index is 0.0207. The highest BCUT2D eigenvalue weighted by molar-refractivity contribution is 9.10. The van der Waals surface area contributed by atoms with Crippen molar-refractivity contribution in [3.63, 3.8) is 0 Å². The van der Waals surface area contributed by atoms with Crippen molar-refractivity contribution in [1.82, 2.24) is 0 Å². The number of carboxylic acid groups (broad SMARTS) is 1. The van der Waals surface area contributed by atoms with E-state index in [0.717, 1.165) is 15.6 Å². The molecule has 0 aromatic heterocycles. The maximum absolute atomic E-state index is 11.3. The summed E-state index contributed by atoms with van der Waals surface area (Å²) in [6.45, 7) is 3.95. The molecule has 0 spiro atoms. The van der Waals surface area contributed by atoms with E-state index >= 15 is 0 Å². The molecule has 0 bridgehead atoms. The van der Waals surface area contributed by atoms with Crippen LogP contribution in [0.25, 0.3) is 0 Å². The number of aromatic carboxylic acids is 1. The Morgan fingerprint density at radius 3 is 2.65 bits per heavy atom. The maximum Gasteiger partial charge on any atom is 0.337 e. The number of hydrogen-bond donors (Lipinski definition) is 2. The number of halogens is 1. The molecule has 0 fully saturated rings. The van der Waals surface area contributed by atoms with Gasteiger partial charge in [0.05, 0.1) is 5.56 Å². The SMILES string of the molecule is Cc1ccc(C(=O)O)c(NC(C)c2cccc(Br)c2)c1. The van der Waals surface area contributed by atoms with Crippen LogP contribution in [0.1, 0.15) is 34.5 Å². The van der Waals surface area contributed by atoms with Crippen molar-refractivity contribution >= 4 is 27.6 Å². The lowest BCUT2D eigenvalue weighted by Crippen LogP contribution is -2.11. The van der Waals surface area contributed by atoms with Gasteiger partial charge in [0.2, 0.25) is 0 Å². The molecule has 2 N–H and O–H groups in total. The van der Waals surface area contributed by atoms with Crippen LogP contribution in [-0.2, 0) is 0 Å². The average molecular weight is 334 g/mol. The van der Waals surface area contributed by atoms with Gasteiger partial charge in [-0.15, -0.1) is 0 Å². The van der Waals surface area contributed by atoms with Crippen molar-refractivity contribution in [1.29, 1.82) is 0 Å². The Kier molecular flexibility index (Phi) is 4.45. The number of benzene rings is 2. The minimum atomic E-state index is -0.922. The normalized spacial score (nSPS) is 11.9. The van der Waals surface area contributed by atoms with E-state index in [1.807, 2.05) is 44.2 Å². The molecule has 3 nitrogen and oxygen atoms in total. The number of carbonyl (C=O) groups is 1. The summed E-state index contributed by atoms with van der Waals surface area (Å²) < 4.78 is 1.01. The first-order valence-corrected chi connectivity index (χ1v) is 7.12. The van der Waals surface area contributed by atoms with Gasteiger partial charge in [-0.05, 0) is 49.2 Å². The van der Waals surface area contributed by atoms with E-state index in [0.29, 0.717) is 5.69 Å². The third kappa shape index (κ3) is 3.39. The molecule has 104 valence electrons. The van der Waals surface area contributed by atoms with Gasteiger partial charge in [-0.3, -0.25) is 0 Å². The molecule has 0 saturated carbocycles. The lowest BCUT2D eigenvalue weighted by molar-refractivity contribution is 0.0698. The predicted octanol–water partition coefficient (Wildman–Crippen LogP) is 4.63. The zero-order chi connectivity index (χ0) is 14.7. The Morgan fingerprint density at radius 1 is 1.25 bits per heavy atom. The second-order valence-electron chi connectivity index (χ2n) is 4.78. The highest BCUT2D eigenvalue weighted by atomic mass is 79.9. The van der Waals surface area contributed by atoms with Crippen LogP contribution < -0.4 is 5.32 Å². The smallest absolute Gasteiger partial charge is 0.337 e. The monoisotopic (exact) mass is 333 g/mol. The summed E-state index contributed by atoms with van der Waals surface area (Å²) in [7, 11) is 0. The number of carboxylic acids is 1. The van der Waals surface area contributed by atoms with Gasteiger partial charge in [0.1, 0.15) is 0 Å². The average Bonchev–Trinajstić information content (AvgIpc) is 2.38. The summed E-state index contributed by atoms with van der Waals surface area (Å²) >= 11 is 3.44. The van der Waals surface area contributed by atoms with E-state index in [9.17, 15) is 9.90 Å². The molecule has 20 heavy (non-hydrogen) atoms. The standard InChI is InChI=1S/C16H16BrNO2/c1-10-6-7-14(16(19)20)15(8-10)18-11(2)12-4-3-5-13(17)9-12/h3-9,11,18H,1-2H3,(H,19,20). The molecular weight excluding hydrogens is 318 g/mol. The second kappa shape index (κ2) is 6.09. The van der Waals surface area contributed by atoms with Crippen molar-refractivity contribution in [2.75, 3.05) is 5.32 Å². The molecule has 0 saturated heterocycles. The minimum Gasteiger partial charge on any atom is -0.478 e. The van der Waals surface area contributed by atoms with Crippen LogP contribution in [0.5, 0.6) is 0 Å². The summed E-state index contributed by atoms with van der Waals surface area (Å²) in [6, 6.07) is 13.3. The molecule has 2 aromatic rings. The van der Waals surface area contributed by atoms with Gasteiger partial charge in [0.25, 0.3) is 0 Å². The third-order valence-corrected chi connectivity index (χ3v) is 3.62. The highest BCUT2D eigenvalue weighted by Gasteiger charge is 2.13. The van der Waals surface area contributed by atoms with Gasteiger partial charge >= 0.3 is 5.97 Å². The van der Waals surface area contributed by atoms with E-state index in [-0.39, 0.29) is 11.6 Å². The predicted molar refractivity (Wildman–Crippen MR) is 84.3 cm³/mol. The number of nitrogens with one attached hydrogen (secondary N) is 1. The summed E-state index contributed by atoms with van der Waals surface area (Å²) in [5, 5.41) is 12.5. The van der Waals surface area contributed by atoms with Crippen molar-refractivity contribution < 1.29 is 9.90 Å². The maximum atomic E-state index is 11.3. The number of rotatable bonds is 4. The van der Waals surface area contributed by atoms with Crippen LogP contribution in [0.4, 0.5) is 5.69 Å². The van der Waals surface area contributed by atoms with E-state index < -0.39 is 5.97 Å². The largest absolute Gasteiger partial charge is 0.478 e. The van der Waals surface area contributed by atoms with Crippen LogP contribution in [0.15, 0.2) is 46.9 Å². The first kappa shape index (κ1) is 14.6. The van der Waals surface area contributed by atoms with E-state index in [1.54, 1.807) is 12.1 Å². The molecule has 1 atom stereocenters. The highest BCUT2D eigenvalue weighted by Crippen LogP contribution is 2.25. The van der Waals surface area contributed by atoms with Crippen molar-refractivity contribution in [2.24, 2.45) is 0 Å². The van der Waals surface area contributed by atoms with Crippen LogP contribution in [0.3, 0.4) is 0 Å². The van der Waals surface area contributed by atoms with Gasteiger partial charge in [-0.2, -0.15) is 0 Å². The molecule has 2 rings (SSSR count). The molecule has 4 heteroatoms. The fourth-order valence-corrected chi connectivity index (χ4v) is 2.47. The van der Waals surface area contributed by atoms with Gasteiger partial charge < -0.3 is 10.4 Å². The topological polar surface area (TPSA) is 49.3 Å². The lowest BCUT2D eigenvalue weighted by Gasteiger charge is -2.18. The first-order chi connectivity index (χ1) is 9.47. The number of aryl methyl sites for hydroxylation is 1. The van der Waals surface area contributed by atoms with E-state index in [4.69, 9.17) is 0 Å². The molecule has 2 aromatic carbocycles. The molecule has 0 aliphatic carbocycles. The zero-order valence-corrected chi connectivity index (χ0v) is 12.9. The summed E-state index contributed by atoms with van der Waals surface area (Å²) in [5.41, 5.74) is 3.05. The van der Waals surface area contributed by atoms with Gasteiger partial charge in [-0.25, -0.2) is 4.79 Å². The van der Waals surface area contributed by atoms with Gasteiger partial charge in [0, 0.05) is 16.2 Å². The molecule has 0 aliphatic heterocycles. The number of anilines is 1. The summed E-state index contributed by atoms with van der Waals surface area (Å²) in [6.07, 6.45) is 0. The molecule has 0 heterocycles. The van der Waals surface area contributed by atoms with Crippen molar-refractivity contribution in [2.45, 2.75) is 19.9 Å². The Balaban J connectivity index is 2.29. The first-order valence-electron chi connectivity index (χ1n) is 6.33. The van der Waals surface area contributed by atoms with Crippen LogP contribution in [0.2, 0.25) is 0 Å². The summed E-state index contributed by atoms with van der Waals surface area (Å²) in [4.78, 5) is 11.3. The van der Waals surface area contributed by atoms with Gasteiger partial charge in [0.15, 0.2) is 0 Å². The molecular formula is C16H16BrNO2. The summed E-state index contributed by atoms with van der Waals surface area (Å²) in [5.74, 6) is -0.922. The lowest BCUT2D eigenvalue weighted by atomic mass is 10.1. The molecule has 0 aliphatic rings. The van der Waals surface area contributed by atoms with E-state index in [2.05, 4.69) is 21.2 Å². The van der Waals surface area contributed by atoms with Gasteiger partial charge in [-0.1, -0.05) is 34.1 Å². The molecule has 1 unspecified atom stereocenters. The van der Waals surface area contributed by atoms with Crippen LogP contribution >= 0.6 is 15.9 Å². The van der Waals surface area contributed by atoms with Crippen LogP contribution in [-0.4, -0.2) is 11.1 Å². The molecule has 0 radical (unpaired) electrons. The fraction of sp³-hybridized carbons (Fsp3) is 0.188. The van der Waals surface area contributed by atoms with Crippen molar-refractivity contribution in [3.05, 3.63) is 63.6 Å². The molecule has 0 amide bonds. The Bertz CT molecular complexity index is 640. The third-order valence-electron chi connectivity index (χ3n) is 3.13. The Morgan fingerprint density at radius 2 is 2.00 bits per heavy atom. The quantitative estimate of drug-likeness (QED) is 0.857. The Labute approximate surface area is 126 Å². The second-order valence-corrected chi connectivity index (χ2v) is 5.69. The van der Waals surface area contributed by atoms with Crippen molar-refractivity contribution in [3.8, 4) is 0 Å². The zero-order valence-electron chi connectivity index (χ0n) is 11.4. The van der Waals surface area contributed by atoms with Crippen LogP contribution in [0, 0.1) is 6.92 Å². The Hall–Kier alpha value is -1.81. The van der Waals surface area contributed by atoms with E-state index in [1.165, 1.54) is 0 Å². The number of hydrogen-bond acceptors (Lipinski definition) is 2. The fourth-order valence-electron chi connectivity index (χ4n) is 2.06.